The summed E-state index contributed by atoms with van der Waals surface area (Å²) in [4.78, 5) is 27.7. The van der Waals surface area contributed by atoms with E-state index in [-0.39, 0.29) is 23.1 Å². The highest BCUT2D eigenvalue weighted by atomic mass is 32.2. The van der Waals surface area contributed by atoms with Gasteiger partial charge in [-0.05, 0) is 30.7 Å². The molecule has 0 aliphatic rings. The molecule has 0 bridgehead atoms. The first kappa shape index (κ1) is 23.7. The zero-order chi connectivity index (χ0) is 22.1. The molecule has 1 heterocycles. The molecule has 0 spiro atoms. The monoisotopic (exact) mass is 452 g/mol. The Hall–Kier alpha value is -2.56. The largest absolute Gasteiger partial charge is 0.461 e. The Bertz CT molecular complexity index is 993. The van der Waals surface area contributed by atoms with Crippen molar-refractivity contribution >= 4 is 39.4 Å². The van der Waals surface area contributed by atoms with Crippen LogP contribution >= 0.6 is 11.3 Å². The third-order valence-electron chi connectivity index (χ3n) is 4.00. The number of hydrogen-bond acceptors (Lipinski definition) is 8. The van der Waals surface area contributed by atoms with Gasteiger partial charge in [0.25, 0.3) is 0 Å². The SMILES string of the molecule is CCOC(=O)c1nc(COC(=O)C=Cc2ccc(S(=O)(=O)N(CC)CC)cc2)cs1. The molecule has 0 aliphatic heterocycles. The van der Waals surface area contributed by atoms with E-state index in [4.69, 9.17) is 9.47 Å². The van der Waals surface area contributed by atoms with Gasteiger partial charge in [0.1, 0.15) is 6.61 Å². The maximum atomic E-state index is 12.5. The molecule has 8 nitrogen and oxygen atoms in total. The van der Waals surface area contributed by atoms with Crippen molar-refractivity contribution in [3.63, 3.8) is 0 Å². The summed E-state index contributed by atoms with van der Waals surface area (Å²) in [7, 11) is -3.52. The number of esters is 2. The molecule has 1 aromatic carbocycles. The Morgan fingerprint density at radius 1 is 1.10 bits per heavy atom. The van der Waals surface area contributed by atoms with Crippen molar-refractivity contribution in [1.29, 1.82) is 0 Å². The summed E-state index contributed by atoms with van der Waals surface area (Å²) in [5, 5.41) is 1.83. The Balaban J connectivity index is 1.93. The number of benzene rings is 1. The van der Waals surface area contributed by atoms with Gasteiger partial charge in [-0.25, -0.2) is 23.0 Å². The normalized spacial score (nSPS) is 11.7. The first-order valence-corrected chi connectivity index (χ1v) is 11.7. The highest BCUT2D eigenvalue weighted by Gasteiger charge is 2.21. The molecule has 0 aliphatic carbocycles. The molecule has 0 amide bonds. The van der Waals surface area contributed by atoms with Crippen LogP contribution in [0.5, 0.6) is 0 Å². The van der Waals surface area contributed by atoms with Crippen molar-refractivity contribution in [2.24, 2.45) is 0 Å². The maximum absolute atomic E-state index is 12.5. The van der Waals surface area contributed by atoms with Crippen LogP contribution in [0.4, 0.5) is 0 Å². The molecular formula is C20H24N2O6S2. The molecule has 0 unspecified atom stereocenters. The minimum Gasteiger partial charge on any atom is -0.461 e. The van der Waals surface area contributed by atoms with Crippen LogP contribution in [0.3, 0.4) is 0 Å². The topological polar surface area (TPSA) is 103 Å². The van der Waals surface area contributed by atoms with Crippen LogP contribution in [0.25, 0.3) is 6.08 Å². The predicted molar refractivity (Wildman–Crippen MR) is 113 cm³/mol. The van der Waals surface area contributed by atoms with E-state index in [0.29, 0.717) is 24.3 Å². The van der Waals surface area contributed by atoms with E-state index in [0.717, 1.165) is 11.3 Å². The van der Waals surface area contributed by atoms with Gasteiger partial charge in [-0.1, -0.05) is 26.0 Å². The molecule has 0 saturated carbocycles. The summed E-state index contributed by atoms with van der Waals surface area (Å²) in [6.07, 6.45) is 2.77. The fourth-order valence-electron chi connectivity index (χ4n) is 2.48. The molecule has 0 fully saturated rings. The fourth-order valence-corrected chi connectivity index (χ4v) is 4.63. The number of sulfonamides is 1. The number of rotatable bonds is 10. The van der Waals surface area contributed by atoms with Crippen LogP contribution in [-0.4, -0.2) is 49.3 Å². The molecule has 0 atom stereocenters. The lowest BCUT2D eigenvalue weighted by atomic mass is 10.2. The van der Waals surface area contributed by atoms with Crippen LogP contribution in [-0.2, 0) is 30.9 Å². The van der Waals surface area contributed by atoms with Crippen LogP contribution < -0.4 is 0 Å². The molecule has 0 saturated heterocycles. The van der Waals surface area contributed by atoms with Crippen molar-refractivity contribution in [3.05, 3.63) is 52.0 Å². The zero-order valence-corrected chi connectivity index (χ0v) is 18.7. The average Bonchev–Trinajstić information content (AvgIpc) is 3.21. The lowest BCUT2D eigenvalue weighted by molar-refractivity contribution is -0.139. The van der Waals surface area contributed by atoms with Crippen molar-refractivity contribution in [2.45, 2.75) is 32.3 Å². The third-order valence-corrected chi connectivity index (χ3v) is 6.93. The number of ether oxygens (including phenoxy) is 2. The van der Waals surface area contributed by atoms with Gasteiger partial charge in [0, 0.05) is 24.5 Å². The molecule has 162 valence electrons. The van der Waals surface area contributed by atoms with Gasteiger partial charge in [-0.15, -0.1) is 11.3 Å². The fraction of sp³-hybridized carbons (Fsp3) is 0.350. The van der Waals surface area contributed by atoms with Crippen LogP contribution in [0.15, 0.2) is 40.6 Å². The number of thiazole rings is 1. The summed E-state index contributed by atoms with van der Waals surface area (Å²) < 4.78 is 36.3. The molecular weight excluding hydrogens is 428 g/mol. The maximum Gasteiger partial charge on any atom is 0.367 e. The van der Waals surface area contributed by atoms with Crippen LogP contribution in [0.2, 0.25) is 0 Å². The number of aromatic nitrogens is 1. The minimum absolute atomic E-state index is 0.0693. The summed E-state index contributed by atoms with van der Waals surface area (Å²) in [6.45, 7) is 6.26. The highest BCUT2D eigenvalue weighted by molar-refractivity contribution is 7.89. The summed E-state index contributed by atoms with van der Waals surface area (Å²) >= 11 is 1.12. The summed E-state index contributed by atoms with van der Waals surface area (Å²) in [5.74, 6) is -1.09. The number of hydrogen-bond donors (Lipinski definition) is 0. The highest BCUT2D eigenvalue weighted by Crippen LogP contribution is 2.17. The smallest absolute Gasteiger partial charge is 0.367 e. The molecule has 2 rings (SSSR count). The van der Waals surface area contributed by atoms with E-state index in [1.165, 1.54) is 28.6 Å². The van der Waals surface area contributed by atoms with E-state index >= 15 is 0 Å². The van der Waals surface area contributed by atoms with E-state index in [2.05, 4.69) is 4.98 Å². The number of carbonyl (C=O) groups is 2. The number of nitrogens with zero attached hydrogens (tertiary/aromatic N) is 2. The Morgan fingerprint density at radius 2 is 1.77 bits per heavy atom. The first-order chi connectivity index (χ1) is 14.3. The van der Waals surface area contributed by atoms with Crippen molar-refractivity contribution in [3.8, 4) is 0 Å². The Labute approximate surface area is 180 Å². The van der Waals surface area contributed by atoms with E-state index in [1.54, 1.807) is 38.3 Å². The standard InChI is InChI=1S/C20H24N2O6S2/c1-4-22(5-2)30(25,26)17-10-7-15(8-11-17)9-12-18(23)28-13-16-14-29-19(21-16)20(24)27-6-3/h7-12,14H,4-6,13H2,1-3H3. The summed E-state index contributed by atoms with van der Waals surface area (Å²) in [5.41, 5.74) is 1.11. The lowest BCUT2D eigenvalue weighted by Crippen LogP contribution is -2.30. The van der Waals surface area contributed by atoms with E-state index in [1.807, 2.05) is 0 Å². The molecule has 10 heteroatoms. The Kier molecular flexibility index (Phi) is 8.70. The van der Waals surface area contributed by atoms with Crippen molar-refractivity contribution in [2.75, 3.05) is 19.7 Å². The predicted octanol–water partition coefficient (Wildman–Crippen LogP) is 3.11. The van der Waals surface area contributed by atoms with Crippen molar-refractivity contribution < 1.29 is 27.5 Å². The summed E-state index contributed by atoms with van der Waals surface area (Å²) in [6, 6.07) is 6.24. The van der Waals surface area contributed by atoms with Gasteiger partial charge in [0.15, 0.2) is 0 Å². The lowest BCUT2D eigenvalue weighted by Gasteiger charge is -2.18. The van der Waals surface area contributed by atoms with E-state index in [9.17, 15) is 18.0 Å². The second-order valence-electron chi connectivity index (χ2n) is 5.96. The quantitative estimate of drug-likeness (QED) is 0.403. The molecule has 0 N–H and O–H groups in total. The van der Waals surface area contributed by atoms with Gasteiger partial charge >= 0.3 is 11.9 Å². The van der Waals surface area contributed by atoms with Crippen molar-refractivity contribution in [1.82, 2.24) is 9.29 Å². The molecule has 1 aromatic heterocycles. The average molecular weight is 453 g/mol. The molecule has 0 radical (unpaired) electrons. The van der Waals surface area contributed by atoms with Crippen LogP contribution in [0.1, 0.15) is 41.8 Å². The minimum atomic E-state index is -3.52. The third kappa shape index (κ3) is 6.22. The Morgan fingerprint density at radius 3 is 2.37 bits per heavy atom. The van der Waals surface area contributed by atoms with Gasteiger partial charge in [0.2, 0.25) is 15.0 Å². The van der Waals surface area contributed by atoms with Gasteiger partial charge in [-0.2, -0.15) is 4.31 Å². The van der Waals surface area contributed by atoms with Gasteiger partial charge in [0.05, 0.1) is 17.2 Å². The molecule has 2 aromatic rings. The zero-order valence-electron chi connectivity index (χ0n) is 17.0. The molecule has 30 heavy (non-hydrogen) atoms. The van der Waals surface area contributed by atoms with Gasteiger partial charge < -0.3 is 9.47 Å². The second kappa shape index (κ2) is 11.0. The number of carbonyl (C=O) groups excluding carboxylic acids is 2. The first-order valence-electron chi connectivity index (χ1n) is 9.38. The van der Waals surface area contributed by atoms with Crippen LogP contribution in [0, 0.1) is 0 Å². The second-order valence-corrected chi connectivity index (χ2v) is 8.76. The van der Waals surface area contributed by atoms with Gasteiger partial charge in [-0.3, -0.25) is 0 Å². The van der Waals surface area contributed by atoms with E-state index < -0.39 is 22.0 Å².